The second-order valence-corrected chi connectivity index (χ2v) is 7.21. The van der Waals surface area contributed by atoms with Crippen LogP contribution in [0.25, 0.3) is 22.3 Å². The quantitative estimate of drug-likeness (QED) is 0.322. The van der Waals surface area contributed by atoms with Gasteiger partial charge in [-0.25, -0.2) is 19.4 Å². The Labute approximate surface area is 181 Å². The minimum Gasteiger partial charge on any atom is -0.306 e. The molecule has 0 bridgehead atoms. The van der Waals surface area contributed by atoms with Gasteiger partial charge in [0.2, 0.25) is 0 Å². The Morgan fingerprint density at radius 2 is 1.77 bits per heavy atom. The third-order valence-corrected chi connectivity index (χ3v) is 4.66. The summed E-state index contributed by atoms with van der Waals surface area (Å²) in [4.78, 5) is 24.6. The summed E-state index contributed by atoms with van der Waals surface area (Å²) >= 11 is 11.7. The molecule has 152 valence electrons. The maximum atomic E-state index is 12.2. The van der Waals surface area contributed by atoms with E-state index in [1.54, 1.807) is 17.1 Å². The van der Waals surface area contributed by atoms with E-state index < -0.39 is 6.03 Å². The summed E-state index contributed by atoms with van der Waals surface area (Å²) in [6, 6.07) is 8.08. The summed E-state index contributed by atoms with van der Waals surface area (Å²) in [6.07, 6.45) is 3.44. The van der Waals surface area contributed by atoms with Gasteiger partial charge in [0, 0.05) is 30.7 Å². The van der Waals surface area contributed by atoms with Gasteiger partial charge in [-0.2, -0.15) is 5.10 Å². The number of nitrogens with one attached hydrogen (secondary N) is 3. The maximum absolute atomic E-state index is 12.2. The van der Waals surface area contributed by atoms with Crippen molar-refractivity contribution in [2.45, 2.75) is 6.92 Å². The first-order chi connectivity index (χ1) is 14.4. The van der Waals surface area contributed by atoms with Gasteiger partial charge in [-0.1, -0.05) is 23.2 Å². The number of nitrogens with zero attached hydrogens (tertiary/aromatic N) is 5. The molecule has 0 aliphatic rings. The van der Waals surface area contributed by atoms with Crippen molar-refractivity contribution in [1.29, 1.82) is 0 Å². The molecule has 0 aliphatic carbocycles. The molecule has 4 aromatic heterocycles. The van der Waals surface area contributed by atoms with Crippen LogP contribution in [0.5, 0.6) is 0 Å². The van der Waals surface area contributed by atoms with E-state index in [2.05, 4.69) is 36.2 Å². The lowest BCUT2D eigenvalue weighted by atomic mass is 10.1. The fourth-order valence-electron chi connectivity index (χ4n) is 3.03. The zero-order chi connectivity index (χ0) is 21.3. The number of pyridine rings is 3. The smallest absolute Gasteiger partial charge is 0.306 e. The molecule has 0 saturated carbocycles. The monoisotopic (exact) mass is 442 g/mol. The van der Waals surface area contributed by atoms with Crippen LogP contribution in [-0.4, -0.2) is 30.8 Å². The minimum absolute atomic E-state index is 0.176. The lowest BCUT2D eigenvalue weighted by Gasteiger charge is -2.11. The number of anilines is 2. The van der Waals surface area contributed by atoms with Crippen molar-refractivity contribution < 1.29 is 4.79 Å². The number of carbonyl (C=O) groups is 1. The number of aryl methyl sites for hydroxylation is 2. The number of rotatable bonds is 4. The van der Waals surface area contributed by atoms with E-state index in [1.165, 1.54) is 12.1 Å². The number of hydrogen-bond donors (Lipinski definition) is 3. The van der Waals surface area contributed by atoms with Crippen molar-refractivity contribution >= 4 is 51.8 Å². The predicted molar refractivity (Wildman–Crippen MR) is 117 cm³/mol. The standard InChI is InChI=1S/C19H16Cl2N8O/c1-10-7-15(26-27-19(30)23-12-8-13(20)24-14(21)9-12)25-18-16(10)17(28-29(18)2)11-3-5-22-6-4-11/h3-9H,1-2H3,(H,25,26)(H2,23,24,27,30). The summed E-state index contributed by atoms with van der Waals surface area (Å²) in [5.74, 6) is 0.463. The van der Waals surface area contributed by atoms with Crippen molar-refractivity contribution in [2.75, 3.05) is 10.7 Å². The van der Waals surface area contributed by atoms with E-state index in [0.717, 1.165) is 22.2 Å². The maximum Gasteiger partial charge on any atom is 0.337 e. The van der Waals surface area contributed by atoms with Gasteiger partial charge in [0.25, 0.3) is 0 Å². The van der Waals surface area contributed by atoms with Crippen molar-refractivity contribution in [3.05, 3.63) is 58.6 Å². The first kappa shape index (κ1) is 19.9. The number of carbonyl (C=O) groups excluding carboxylic acids is 1. The van der Waals surface area contributed by atoms with Crippen LogP contribution in [0.3, 0.4) is 0 Å². The molecular weight excluding hydrogens is 427 g/mol. The molecule has 0 fully saturated rings. The molecule has 0 radical (unpaired) electrons. The first-order valence-electron chi connectivity index (χ1n) is 8.81. The molecule has 0 spiro atoms. The van der Waals surface area contributed by atoms with E-state index in [0.29, 0.717) is 17.2 Å². The molecule has 0 saturated heterocycles. The topological polar surface area (TPSA) is 110 Å². The summed E-state index contributed by atoms with van der Waals surface area (Å²) < 4.78 is 1.70. The Morgan fingerprint density at radius 1 is 1.07 bits per heavy atom. The lowest BCUT2D eigenvalue weighted by molar-refractivity contribution is 0.254. The summed E-state index contributed by atoms with van der Waals surface area (Å²) in [6.45, 7) is 1.96. The molecule has 3 N–H and O–H groups in total. The molecule has 4 heterocycles. The van der Waals surface area contributed by atoms with Gasteiger partial charge in [0.05, 0.1) is 5.39 Å². The number of hydrazine groups is 1. The van der Waals surface area contributed by atoms with Crippen LogP contribution in [0.1, 0.15) is 5.56 Å². The van der Waals surface area contributed by atoms with E-state index in [4.69, 9.17) is 23.2 Å². The van der Waals surface area contributed by atoms with Crippen LogP contribution in [0.4, 0.5) is 16.3 Å². The number of hydrogen-bond acceptors (Lipinski definition) is 6. The van der Waals surface area contributed by atoms with E-state index in [1.807, 2.05) is 32.2 Å². The number of amides is 2. The van der Waals surface area contributed by atoms with Crippen molar-refractivity contribution in [1.82, 2.24) is 30.2 Å². The molecule has 4 aromatic rings. The average Bonchev–Trinajstić information content (AvgIpc) is 3.03. The summed E-state index contributed by atoms with van der Waals surface area (Å²) in [7, 11) is 1.82. The van der Waals surface area contributed by atoms with Gasteiger partial charge in [-0.15, -0.1) is 0 Å². The molecule has 0 aromatic carbocycles. The molecule has 0 atom stereocenters. The molecule has 0 aliphatic heterocycles. The second kappa shape index (κ2) is 8.13. The van der Waals surface area contributed by atoms with E-state index in [9.17, 15) is 4.79 Å². The second-order valence-electron chi connectivity index (χ2n) is 6.44. The zero-order valence-corrected chi connectivity index (χ0v) is 17.5. The Hall–Kier alpha value is -3.43. The van der Waals surface area contributed by atoms with Crippen LogP contribution in [-0.2, 0) is 7.05 Å². The minimum atomic E-state index is -0.518. The SMILES string of the molecule is Cc1cc(NNC(=O)Nc2cc(Cl)nc(Cl)c2)nc2c1c(-c1ccncc1)nn2C. The Morgan fingerprint density at radius 3 is 2.47 bits per heavy atom. The fraction of sp³-hybridized carbons (Fsp3) is 0.105. The number of urea groups is 1. The van der Waals surface area contributed by atoms with Gasteiger partial charge in [-0.05, 0) is 42.8 Å². The van der Waals surface area contributed by atoms with Crippen molar-refractivity contribution in [3.63, 3.8) is 0 Å². The molecule has 0 unspecified atom stereocenters. The zero-order valence-electron chi connectivity index (χ0n) is 15.9. The molecular formula is C19H16Cl2N8O. The number of fused-ring (bicyclic) bond motifs is 1. The Balaban J connectivity index is 1.54. The van der Waals surface area contributed by atoms with Crippen molar-refractivity contribution in [3.8, 4) is 11.3 Å². The van der Waals surface area contributed by atoms with E-state index >= 15 is 0 Å². The van der Waals surface area contributed by atoms with Crippen molar-refractivity contribution in [2.24, 2.45) is 7.05 Å². The third kappa shape index (κ3) is 4.12. The third-order valence-electron chi connectivity index (χ3n) is 4.27. The van der Waals surface area contributed by atoms with Crippen LogP contribution < -0.4 is 16.2 Å². The molecule has 4 rings (SSSR count). The predicted octanol–water partition coefficient (Wildman–Crippen LogP) is 4.19. The first-order valence-corrected chi connectivity index (χ1v) is 9.57. The molecule has 30 heavy (non-hydrogen) atoms. The van der Waals surface area contributed by atoms with Gasteiger partial charge in [0.15, 0.2) is 5.65 Å². The van der Waals surface area contributed by atoms with Crippen LogP contribution in [0, 0.1) is 6.92 Å². The Bertz CT molecular complexity index is 1220. The lowest BCUT2D eigenvalue weighted by Crippen LogP contribution is -2.34. The average molecular weight is 443 g/mol. The van der Waals surface area contributed by atoms with Gasteiger partial charge in [0.1, 0.15) is 21.8 Å². The number of aromatic nitrogens is 5. The van der Waals surface area contributed by atoms with Crippen LogP contribution in [0.15, 0.2) is 42.7 Å². The molecule has 11 heteroatoms. The van der Waals surface area contributed by atoms with Gasteiger partial charge in [-0.3, -0.25) is 15.8 Å². The normalized spacial score (nSPS) is 10.8. The fourth-order valence-corrected chi connectivity index (χ4v) is 3.49. The molecule has 2 amide bonds. The van der Waals surface area contributed by atoms with Crippen LogP contribution >= 0.6 is 23.2 Å². The summed E-state index contributed by atoms with van der Waals surface area (Å²) in [5, 5.41) is 8.49. The highest BCUT2D eigenvalue weighted by Gasteiger charge is 2.15. The van der Waals surface area contributed by atoms with Crippen LogP contribution in [0.2, 0.25) is 10.3 Å². The highest BCUT2D eigenvalue weighted by molar-refractivity contribution is 6.33. The highest BCUT2D eigenvalue weighted by atomic mass is 35.5. The number of halogens is 2. The van der Waals surface area contributed by atoms with Gasteiger partial charge >= 0.3 is 6.03 Å². The summed E-state index contributed by atoms with van der Waals surface area (Å²) in [5.41, 5.74) is 9.15. The Kier molecular flexibility index (Phi) is 5.39. The van der Waals surface area contributed by atoms with E-state index in [-0.39, 0.29) is 10.3 Å². The largest absolute Gasteiger partial charge is 0.337 e. The van der Waals surface area contributed by atoms with Gasteiger partial charge < -0.3 is 5.32 Å². The molecule has 9 nitrogen and oxygen atoms in total. The highest BCUT2D eigenvalue weighted by Crippen LogP contribution is 2.30.